The number of hydrogen-bond acceptors (Lipinski definition) is 3. The first kappa shape index (κ1) is 18.9. The Morgan fingerprint density at radius 2 is 1.78 bits per heavy atom. The van der Waals surface area contributed by atoms with Gasteiger partial charge in [0.2, 0.25) is 5.91 Å². The third-order valence-electron chi connectivity index (χ3n) is 4.17. The summed E-state index contributed by atoms with van der Waals surface area (Å²) in [4.78, 5) is 24.7. The lowest BCUT2D eigenvalue weighted by atomic mass is 9.74. The average molecular weight is 317 g/mol. The van der Waals surface area contributed by atoms with E-state index in [9.17, 15) is 9.59 Å². The van der Waals surface area contributed by atoms with Crippen molar-refractivity contribution in [2.45, 2.75) is 39.7 Å². The van der Waals surface area contributed by atoms with Crippen LogP contribution < -0.4 is 5.32 Å². The van der Waals surface area contributed by atoms with Gasteiger partial charge >= 0.3 is 5.97 Å². The maximum Gasteiger partial charge on any atom is 0.328 e. The van der Waals surface area contributed by atoms with Crippen LogP contribution in [0, 0.1) is 11.3 Å². The van der Waals surface area contributed by atoms with Crippen molar-refractivity contribution in [3.63, 3.8) is 0 Å². The van der Waals surface area contributed by atoms with E-state index in [1.807, 2.05) is 58.0 Å². The molecular weight excluding hydrogens is 290 g/mol. The van der Waals surface area contributed by atoms with Crippen LogP contribution in [0.25, 0.3) is 0 Å². The molecule has 0 fully saturated rings. The first-order chi connectivity index (χ1) is 10.8. The van der Waals surface area contributed by atoms with Crippen LogP contribution in [0.4, 0.5) is 0 Å². The molecule has 0 spiro atoms. The molecule has 0 bridgehead atoms. The lowest BCUT2D eigenvalue weighted by Crippen LogP contribution is -2.50. The van der Waals surface area contributed by atoms with E-state index in [1.165, 1.54) is 7.11 Å². The number of benzene rings is 1. The van der Waals surface area contributed by atoms with Gasteiger partial charge in [-0.3, -0.25) is 4.79 Å². The van der Waals surface area contributed by atoms with Crippen molar-refractivity contribution in [3.8, 4) is 0 Å². The van der Waals surface area contributed by atoms with E-state index >= 15 is 0 Å². The largest absolute Gasteiger partial charge is 0.467 e. The molecule has 0 saturated carbocycles. The third-order valence-corrected chi connectivity index (χ3v) is 4.17. The van der Waals surface area contributed by atoms with Gasteiger partial charge in [0.15, 0.2) is 0 Å². The number of allylic oxidation sites excluding steroid dienone is 1. The van der Waals surface area contributed by atoms with Crippen LogP contribution in [-0.2, 0) is 14.3 Å². The molecule has 0 aliphatic carbocycles. The van der Waals surface area contributed by atoms with E-state index in [-0.39, 0.29) is 17.7 Å². The van der Waals surface area contributed by atoms with E-state index in [2.05, 4.69) is 11.9 Å². The quantitative estimate of drug-likeness (QED) is 0.620. The summed E-state index contributed by atoms with van der Waals surface area (Å²) in [5.74, 6) is -0.843. The molecule has 4 heteroatoms. The van der Waals surface area contributed by atoms with Crippen molar-refractivity contribution in [3.05, 3.63) is 48.6 Å². The number of ether oxygens (including phenoxy) is 1. The fourth-order valence-corrected chi connectivity index (χ4v) is 2.60. The van der Waals surface area contributed by atoms with Crippen LogP contribution in [0.15, 0.2) is 43.0 Å². The van der Waals surface area contributed by atoms with Gasteiger partial charge in [-0.2, -0.15) is 0 Å². The monoisotopic (exact) mass is 317 g/mol. The summed E-state index contributed by atoms with van der Waals surface area (Å²) in [5, 5.41) is 2.83. The molecule has 4 nitrogen and oxygen atoms in total. The first-order valence-electron chi connectivity index (χ1n) is 7.82. The molecule has 1 rings (SSSR count). The summed E-state index contributed by atoms with van der Waals surface area (Å²) in [6, 6.07) is 9.09. The van der Waals surface area contributed by atoms with Gasteiger partial charge in [-0.1, -0.05) is 64.1 Å². The molecule has 23 heavy (non-hydrogen) atoms. The molecule has 2 atom stereocenters. The Labute approximate surface area is 138 Å². The van der Waals surface area contributed by atoms with Crippen molar-refractivity contribution in [1.82, 2.24) is 5.32 Å². The topological polar surface area (TPSA) is 55.4 Å². The summed E-state index contributed by atoms with van der Waals surface area (Å²) in [5.41, 5.74) is 0.270. The molecule has 0 aliphatic rings. The number of esters is 1. The van der Waals surface area contributed by atoms with Crippen LogP contribution in [0.5, 0.6) is 0 Å². The maximum atomic E-state index is 12.8. The molecule has 0 radical (unpaired) electrons. The number of rotatable bonds is 7. The van der Waals surface area contributed by atoms with Crippen molar-refractivity contribution in [2.24, 2.45) is 11.3 Å². The SMILES string of the molecule is C=C[C@H](c1ccccc1)C(C)(C)C(=O)N[C@H](C(=O)OC)C(C)C. The van der Waals surface area contributed by atoms with Gasteiger partial charge in [-0.05, 0) is 11.5 Å². The molecule has 0 heterocycles. The number of carbonyl (C=O) groups is 2. The highest BCUT2D eigenvalue weighted by atomic mass is 16.5. The number of carbonyl (C=O) groups excluding carboxylic acids is 2. The second-order valence-corrected chi connectivity index (χ2v) is 6.56. The summed E-state index contributed by atoms with van der Waals surface area (Å²) in [6.07, 6.45) is 1.78. The zero-order valence-corrected chi connectivity index (χ0v) is 14.6. The highest BCUT2D eigenvalue weighted by Crippen LogP contribution is 2.36. The number of hydrogen-bond donors (Lipinski definition) is 1. The van der Waals surface area contributed by atoms with Crippen molar-refractivity contribution >= 4 is 11.9 Å². The Morgan fingerprint density at radius 1 is 1.22 bits per heavy atom. The normalized spacial score (nSPS) is 14.0. The summed E-state index contributed by atoms with van der Waals surface area (Å²) >= 11 is 0. The highest BCUT2D eigenvalue weighted by molar-refractivity contribution is 5.88. The number of methoxy groups -OCH3 is 1. The lowest BCUT2D eigenvalue weighted by Gasteiger charge is -2.33. The van der Waals surface area contributed by atoms with Gasteiger partial charge in [-0.15, -0.1) is 6.58 Å². The number of nitrogens with one attached hydrogen (secondary N) is 1. The molecule has 1 aromatic carbocycles. The zero-order valence-electron chi connectivity index (χ0n) is 14.6. The van der Waals surface area contributed by atoms with E-state index < -0.39 is 17.4 Å². The van der Waals surface area contributed by atoms with Crippen molar-refractivity contribution in [1.29, 1.82) is 0 Å². The van der Waals surface area contributed by atoms with Gasteiger partial charge in [0.1, 0.15) is 6.04 Å². The van der Waals surface area contributed by atoms with Gasteiger partial charge in [0, 0.05) is 5.92 Å². The highest BCUT2D eigenvalue weighted by Gasteiger charge is 2.38. The average Bonchev–Trinajstić information content (AvgIpc) is 2.52. The second kappa shape index (κ2) is 7.95. The fraction of sp³-hybridized carbons (Fsp3) is 0.474. The van der Waals surface area contributed by atoms with E-state index in [0.717, 1.165) is 5.56 Å². The molecule has 0 aliphatic heterocycles. The molecular formula is C19H27NO3. The van der Waals surface area contributed by atoms with Crippen molar-refractivity contribution < 1.29 is 14.3 Å². The van der Waals surface area contributed by atoms with Gasteiger partial charge in [0.05, 0.1) is 12.5 Å². The Bertz CT molecular complexity index is 549. The molecule has 0 saturated heterocycles. The molecule has 0 aromatic heterocycles. The van der Waals surface area contributed by atoms with Crippen LogP contribution in [-0.4, -0.2) is 25.0 Å². The minimum atomic E-state index is -0.746. The summed E-state index contributed by atoms with van der Waals surface area (Å²) in [6.45, 7) is 11.3. The van der Waals surface area contributed by atoms with Crippen LogP contribution >= 0.6 is 0 Å². The number of amides is 1. The minimum Gasteiger partial charge on any atom is -0.467 e. The molecule has 1 N–H and O–H groups in total. The third kappa shape index (κ3) is 4.44. The van der Waals surface area contributed by atoms with Crippen molar-refractivity contribution in [2.75, 3.05) is 7.11 Å². The molecule has 1 amide bonds. The van der Waals surface area contributed by atoms with Gasteiger partial charge in [0.25, 0.3) is 0 Å². The summed E-state index contributed by atoms with van der Waals surface area (Å²) in [7, 11) is 1.32. The Balaban J connectivity index is 3.03. The van der Waals surface area contributed by atoms with E-state index in [4.69, 9.17) is 4.74 Å². The van der Waals surface area contributed by atoms with E-state index in [1.54, 1.807) is 6.08 Å². The van der Waals surface area contributed by atoms with Crippen LogP contribution in [0.2, 0.25) is 0 Å². The first-order valence-corrected chi connectivity index (χ1v) is 7.82. The molecule has 1 aromatic rings. The lowest BCUT2D eigenvalue weighted by molar-refractivity contribution is -0.147. The van der Waals surface area contributed by atoms with Gasteiger partial charge < -0.3 is 10.1 Å². The maximum absolute atomic E-state index is 12.8. The predicted octanol–water partition coefficient (Wildman–Crippen LogP) is 3.30. The van der Waals surface area contributed by atoms with E-state index in [0.29, 0.717) is 0 Å². The van der Waals surface area contributed by atoms with Crippen LogP contribution in [0.1, 0.15) is 39.2 Å². The molecule has 0 unspecified atom stereocenters. The Morgan fingerprint density at radius 3 is 2.22 bits per heavy atom. The van der Waals surface area contributed by atoms with Crippen LogP contribution in [0.3, 0.4) is 0 Å². The second-order valence-electron chi connectivity index (χ2n) is 6.56. The Kier molecular flexibility index (Phi) is 6.55. The fourth-order valence-electron chi connectivity index (χ4n) is 2.60. The minimum absolute atomic E-state index is 0.0545. The standard InChI is InChI=1S/C19H27NO3/c1-7-15(14-11-9-8-10-12-14)19(4,5)18(22)20-16(13(2)3)17(21)23-6/h7-13,15-16H,1H2,2-6H3,(H,20,22)/t15-,16+/m1/s1. The smallest absolute Gasteiger partial charge is 0.328 e. The predicted molar refractivity (Wildman–Crippen MR) is 91.9 cm³/mol. The Hall–Kier alpha value is -2.10. The molecule has 126 valence electrons. The zero-order chi connectivity index (χ0) is 17.6. The summed E-state index contributed by atoms with van der Waals surface area (Å²) < 4.78 is 4.78. The van der Waals surface area contributed by atoms with Gasteiger partial charge in [-0.25, -0.2) is 4.79 Å².